The highest BCUT2D eigenvalue weighted by molar-refractivity contribution is 5.98. The number of amides is 2. The van der Waals surface area contributed by atoms with Gasteiger partial charge in [-0.05, 0) is 38.0 Å². The molecule has 27 heavy (non-hydrogen) atoms. The summed E-state index contributed by atoms with van der Waals surface area (Å²) in [6.07, 6.45) is 5.94. The number of likely N-dealkylation sites (tertiary alicyclic amines) is 1. The first-order chi connectivity index (χ1) is 13.0. The smallest absolute Gasteiger partial charge is 0.229 e. The molecule has 1 atom stereocenters. The Hall–Kier alpha value is -2.63. The molecule has 1 aromatic carbocycles. The summed E-state index contributed by atoms with van der Waals surface area (Å²) in [6, 6.07) is 7.12. The minimum Gasteiger partial charge on any atom is -0.358 e. The SMILES string of the molecule is Cc1cc(=O)c2cc(NC(=O)C3CC(=O)N(C4CCCCC4)C3)ccc2[nH]1. The van der Waals surface area contributed by atoms with Crippen molar-refractivity contribution in [2.24, 2.45) is 5.92 Å². The lowest BCUT2D eigenvalue weighted by molar-refractivity contribution is -0.130. The van der Waals surface area contributed by atoms with Crippen LogP contribution in [0.2, 0.25) is 0 Å². The van der Waals surface area contributed by atoms with Crippen molar-refractivity contribution in [3.8, 4) is 0 Å². The van der Waals surface area contributed by atoms with Gasteiger partial charge in [0.2, 0.25) is 11.8 Å². The zero-order valence-corrected chi connectivity index (χ0v) is 15.6. The van der Waals surface area contributed by atoms with Gasteiger partial charge in [0.05, 0.1) is 5.92 Å². The fraction of sp³-hybridized carbons (Fsp3) is 0.476. The van der Waals surface area contributed by atoms with Crippen LogP contribution >= 0.6 is 0 Å². The van der Waals surface area contributed by atoms with Gasteiger partial charge < -0.3 is 15.2 Å². The molecule has 1 aromatic heterocycles. The van der Waals surface area contributed by atoms with Gasteiger partial charge in [-0.3, -0.25) is 14.4 Å². The van der Waals surface area contributed by atoms with Gasteiger partial charge in [-0.2, -0.15) is 0 Å². The number of aromatic nitrogens is 1. The maximum atomic E-state index is 12.7. The summed E-state index contributed by atoms with van der Waals surface area (Å²) >= 11 is 0. The largest absolute Gasteiger partial charge is 0.358 e. The molecule has 0 radical (unpaired) electrons. The highest BCUT2D eigenvalue weighted by Gasteiger charge is 2.38. The Morgan fingerprint density at radius 1 is 1.15 bits per heavy atom. The molecular weight excluding hydrogens is 342 g/mol. The molecule has 142 valence electrons. The van der Waals surface area contributed by atoms with Crippen LogP contribution in [0.1, 0.15) is 44.2 Å². The average molecular weight is 367 g/mol. The van der Waals surface area contributed by atoms with Crippen molar-refractivity contribution in [1.82, 2.24) is 9.88 Å². The molecule has 6 nitrogen and oxygen atoms in total. The van der Waals surface area contributed by atoms with E-state index in [2.05, 4.69) is 10.3 Å². The monoisotopic (exact) mass is 367 g/mol. The summed E-state index contributed by atoms with van der Waals surface area (Å²) in [6.45, 7) is 2.34. The fourth-order valence-corrected chi connectivity index (χ4v) is 4.35. The molecule has 1 aliphatic carbocycles. The van der Waals surface area contributed by atoms with Gasteiger partial charge in [-0.15, -0.1) is 0 Å². The second-order valence-electron chi connectivity index (χ2n) is 7.81. The quantitative estimate of drug-likeness (QED) is 0.875. The van der Waals surface area contributed by atoms with Gasteiger partial charge in [0.1, 0.15) is 0 Å². The summed E-state index contributed by atoms with van der Waals surface area (Å²) in [4.78, 5) is 42.3. The molecule has 2 heterocycles. The third kappa shape index (κ3) is 3.61. The Morgan fingerprint density at radius 2 is 1.93 bits per heavy atom. The van der Waals surface area contributed by atoms with Crippen LogP contribution in [-0.2, 0) is 9.59 Å². The number of anilines is 1. The standard InChI is InChI=1S/C21H25N3O3/c1-13-9-19(25)17-11-15(7-8-18(17)22-13)23-21(27)14-10-20(26)24(12-14)16-5-3-2-4-6-16/h7-9,11,14,16H,2-6,10,12H2,1H3,(H,22,25)(H,23,27). The van der Waals surface area contributed by atoms with Crippen LogP contribution < -0.4 is 10.7 Å². The molecule has 0 spiro atoms. The number of benzene rings is 1. The Morgan fingerprint density at radius 3 is 2.70 bits per heavy atom. The topological polar surface area (TPSA) is 82.3 Å². The number of aromatic amines is 1. The van der Waals surface area contributed by atoms with Crippen molar-refractivity contribution in [3.63, 3.8) is 0 Å². The average Bonchev–Trinajstić information content (AvgIpc) is 3.05. The number of H-pyrrole nitrogens is 1. The van der Waals surface area contributed by atoms with Crippen molar-refractivity contribution in [3.05, 3.63) is 40.2 Å². The zero-order chi connectivity index (χ0) is 19.0. The van der Waals surface area contributed by atoms with E-state index in [0.717, 1.165) is 36.9 Å². The van der Waals surface area contributed by atoms with E-state index in [0.29, 0.717) is 23.7 Å². The molecule has 2 fully saturated rings. The van der Waals surface area contributed by atoms with Crippen molar-refractivity contribution >= 4 is 28.4 Å². The van der Waals surface area contributed by atoms with Crippen molar-refractivity contribution in [2.45, 2.75) is 51.5 Å². The van der Waals surface area contributed by atoms with E-state index in [1.165, 1.54) is 6.42 Å². The Kier molecular flexibility index (Phi) is 4.72. The first-order valence-corrected chi connectivity index (χ1v) is 9.75. The lowest BCUT2D eigenvalue weighted by Gasteiger charge is -2.31. The van der Waals surface area contributed by atoms with Gasteiger partial charge >= 0.3 is 0 Å². The predicted molar refractivity (Wildman–Crippen MR) is 105 cm³/mol. The molecule has 6 heteroatoms. The molecule has 2 aliphatic rings. The van der Waals surface area contributed by atoms with Gasteiger partial charge in [-0.25, -0.2) is 0 Å². The summed E-state index contributed by atoms with van der Waals surface area (Å²) in [7, 11) is 0. The number of carbonyl (C=O) groups is 2. The first-order valence-electron chi connectivity index (χ1n) is 9.75. The maximum Gasteiger partial charge on any atom is 0.229 e. The second-order valence-corrected chi connectivity index (χ2v) is 7.81. The van der Waals surface area contributed by atoms with E-state index in [9.17, 15) is 14.4 Å². The van der Waals surface area contributed by atoms with E-state index in [1.807, 2.05) is 11.8 Å². The molecule has 0 bridgehead atoms. The lowest BCUT2D eigenvalue weighted by atomic mass is 9.94. The first kappa shape index (κ1) is 17.8. The van der Waals surface area contributed by atoms with Crippen LogP contribution in [0.4, 0.5) is 5.69 Å². The number of rotatable bonds is 3. The summed E-state index contributed by atoms with van der Waals surface area (Å²) in [5.74, 6) is -0.386. The normalized spacial score (nSPS) is 21.0. The highest BCUT2D eigenvalue weighted by atomic mass is 16.2. The molecular formula is C21H25N3O3. The van der Waals surface area contributed by atoms with E-state index in [4.69, 9.17) is 0 Å². The molecule has 2 aromatic rings. The van der Waals surface area contributed by atoms with Crippen LogP contribution in [0.15, 0.2) is 29.1 Å². The summed E-state index contributed by atoms with van der Waals surface area (Å²) in [5, 5.41) is 3.44. The third-order valence-electron chi connectivity index (χ3n) is 5.78. The van der Waals surface area contributed by atoms with Crippen molar-refractivity contribution in [1.29, 1.82) is 0 Å². The lowest BCUT2D eigenvalue weighted by Crippen LogP contribution is -2.38. The molecule has 4 rings (SSSR count). The van der Waals surface area contributed by atoms with Gasteiger partial charge in [-0.1, -0.05) is 19.3 Å². The number of hydrogen-bond acceptors (Lipinski definition) is 3. The maximum absolute atomic E-state index is 12.7. The number of fused-ring (bicyclic) bond motifs is 1. The third-order valence-corrected chi connectivity index (χ3v) is 5.78. The van der Waals surface area contributed by atoms with E-state index < -0.39 is 0 Å². The molecule has 1 unspecified atom stereocenters. The van der Waals surface area contributed by atoms with Crippen LogP contribution in [0.3, 0.4) is 0 Å². The summed E-state index contributed by atoms with van der Waals surface area (Å²) in [5.41, 5.74) is 2.07. The van der Waals surface area contributed by atoms with E-state index in [1.54, 1.807) is 24.3 Å². The Bertz CT molecular complexity index is 943. The van der Waals surface area contributed by atoms with Crippen LogP contribution in [0.5, 0.6) is 0 Å². The van der Waals surface area contributed by atoms with E-state index >= 15 is 0 Å². The van der Waals surface area contributed by atoms with Crippen molar-refractivity contribution < 1.29 is 9.59 Å². The van der Waals surface area contributed by atoms with Gasteiger partial charge in [0.25, 0.3) is 0 Å². The summed E-state index contributed by atoms with van der Waals surface area (Å²) < 4.78 is 0. The fourth-order valence-electron chi connectivity index (χ4n) is 4.35. The van der Waals surface area contributed by atoms with Gasteiger partial charge in [0.15, 0.2) is 5.43 Å². The zero-order valence-electron chi connectivity index (χ0n) is 15.6. The highest BCUT2D eigenvalue weighted by Crippen LogP contribution is 2.29. The Balaban J connectivity index is 1.47. The molecule has 2 amide bonds. The number of nitrogens with one attached hydrogen (secondary N) is 2. The van der Waals surface area contributed by atoms with Crippen LogP contribution in [0.25, 0.3) is 10.9 Å². The number of hydrogen-bond donors (Lipinski definition) is 2. The van der Waals surface area contributed by atoms with Gasteiger partial charge in [0, 0.05) is 47.4 Å². The second kappa shape index (κ2) is 7.18. The molecule has 1 aliphatic heterocycles. The minimum absolute atomic E-state index is 0.0723. The number of carbonyl (C=O) groups excluding carboxylic acids is 2. The van der Waals surface area contributed by atoms with E-state index in [-0.39, 0.29) is 29.6 Å². The molecule has 1 saturated heterocycles. The molecule has 2 N–H and O–H groups in total. The van der Waals surface area contributed by atoms with Crippen molar-refractivity contribution in [2.75, 3.05) is 11.9 Å². The minimum atomic E-state index is -0.327. The molecule has 1 saturated carbocycles. The number of aryl methyl sites for hydroxylation is 1. The number of nitrogens with zero attached hydrogens (tertiary/aromatic N) is 1. The predicted octanol–water partition coefficient (Wildman–Crippen LogP) is 2.96. The Labute approximate surface area is 157 Å². The number of pyridine rings is 1. The van der Waals surface area contributed by atoms with Crippen LogP contribution in [-0.4, -0.2) is 34.3 Å². The van der Waals surface area contributed by atoms with Crippen LogP contribution in [0, 0.1) is 12.8 Å².